The molecule has 0 aromatic heterocycles. The number of anilines is 1. The van der Waals surface area contributed by atoms with E-state index in [1.165, 1.54) is 0 Å². The van der Waals surface area contributed by atoms with E-state index in [2.05, 4.69) is 0 Å². The highest BCUT2D eigenvalue weighted by atomic mass is 16.5. The van der Waals surface area contributed by atoms with Gasteiger partial charge in [-0.1, -0.05) is 12.1 Å². The number of hydrogen-bond donors (Lipinski definition) is 2. The highest BCUT2D eigenvalue weighted by Crippen LogP contribution is 2.07. The van der Waals surface area contributed by atoms with E-state index in [9.17, 15) is 0 Å². The third-order valence-electron chi connectivity index (χ3n) is 1.83. The first-order valence-corrected chi connectivity index (χ1v) is 4.93. The molecule has 0 heterocycles. The van der Waals surface area contributed by atoms with Gasteiger partial charge in [-0.05, 0) is 17.7 Å². The van der Waals surface area contributed by atoms with E-state index in [1.807, 2.05) is 24.3 Å². The van der Waals surface area contributed by atoms with Gasteiger partial charge in [-0.3, -0.25) is 0 Å². The van der Waals surface area contributed by atoms with Gasteiger partial charge >= 0.3 is 0 Å². The van der Waals surface area contributed by atoms with E-state index >= 15 is 0 Å². The van der Waals surface area contributed by atoms with Gasteiger partial charge in [0.25, 0.3) is 0 Å². The van der Waals surface area contributed by atoms with E-state index in [0.717, 1.165) is 11.3 Å². The van der Waals surface area contributed by atoms with Crippen molar-refractivity contribution in [3.8, 4) is 0 Å². The third kappa shape index (κ3) is 5.37. The summed E-state index contributed by atoms with van der Waals surface area (Å²) in [6.07, 6.45) is 0. The zero-order chi connectivity index (χ0) is 10.9. The molecule has 3 N–H and O–H groups in total. The molecule has 0 aliphatic rings. The molecule has 0 aliphatic carbocycles. The van der Waals surface area contributed by atoms with E-state index in [0.29, 0.717) is 26.4 Å². The summed E-state index contributed by atoms with van der Waals surface area (Å²) in [5.41, 5.74) is 7.42. The van der Waals surface area contributed by atoms with Crippen LogP contribution in [0.25, 0.3) is 0 Å². The Morgan fingerprint density at radius 2 is 1.93 bits per heavy atom. The monoisotopic (exact) mass is 211 g/mol. The SMILES string of the molecule is Nc1cccc(COCCOCCO)c1. The summed E-state index contributed by atoms with van der Waals surface area (Å²) < 4.78 is 10.4. The molecule has 0 fully saturated rings. The molecule has 0 amide bonds. The Kier molecular flexibility index (Phi) is 5.77. The number of benzene rings is 1. The molecule has 0 atom stereocenters. The Labute approximate surface area is 89.6 Å². The minimum absolute atomic E-state index is 0.0508. The molecule has 4 nitrogen and oxygen atoms in total. The van der Waals surface area contributed by atoms with Crippen molar-refractivity contribution in [3.05, 3.63) is 29.8 Å². The van der Waals surface area contributed by atoms with Crippen LogP contribution in [0.15, 0.2) is 24.3 Å². The second-order valence-electron chi connectivity index (χ2n) is 3.13. The Morgan fingerprint density at radius 3 is 2.67 bits per heavy atom. The number of ether oxygens (including phenoxy) is 2. The lowest BCUT2D eigenvalue weighted by molar-refractivity contribution is 0.0274. The van der Waals surface area contributed by atoms with E-state index in [-0.39, 0.29) is 6.61 Å². The van der Waals surface area contributed by atoms with Crippen LogP contribution in [-0.4, -0.2) is 31.5 Å². The van der Waals surface area contributed by atoms with Gasteiger partial charge in [-0.15, -0.1) is 0 Å². The molecule has 0 saturated carbocycles. The highest BCUT2D eigenvalue weighted by molar-refractivity contribution is 5.40. The smallest absolute Gasteiger partial charge is 0.0718 e. The van der Waals surface area contributed by atoms with Gasteiger partial charge in [0.2, 0.25) is 0 Å². The molecule has 0 aliphatic heterocycles. The molecule has 1 aromatic carbocycles. The van der Waals surface area contributed by atoms with E-state index in [4.69, 9.17) is 20.3 Å². The second kappa shape index (κ2) is 7.23. The maximum Gasteiger partial charge on any atom is 0.0718 e. The molecule has 0 radical (unpaired) electrons. The average molecular weight is 211 g/mol. The van der Waals surface area contributed by atoms with Crippen molar-refractivity contribution in [1.29, 1.82) is 0 Å². The fourth-order valence-corrected chi connectivity index (χ4v) is 1.16. The standard InChI is InChI=1S/C11H17NO3/c12-11-3-1-2-10(8-11)9-15-7-6-14-5-4-13/h1-3,8,13H,4-7,9,12H2. The minimum atomic E-state index is 0.0508. The Morgan fingerprint density at radius 1 is 1.13 bits per heavy atom. The largest absolute Gasteiger partial charge is 0.399 e. The third-order valence-corrected chi connectivity index (χ3v) is 1.83. The van der Waals surface area contributed by atoms with E-state index < -0.39 is 0 Å². The normalized spacial score (nSPS) is 10.5. The molecule has 0 bridgehead atoms. The summed E-state index contributed by atoms with van der Waals surface area (Å²) in [6.45, 7) is 1.97. The molecule has 0 unspecified atom stereocenters. The fraction of sp³-hybridized carbons (Fsp3) is 0.455. The molecular weight excluding hydrogens is 194 g/mol. The first-order chi connectivity index (χ1) is 7.33. The Bertz CT molecular complexity index is 278. The maximum absolute atomic E-state index is 8.45. The molecule has 0 saturated heterocycles. The summed E-state index contributed by atoms with van der Waals surface area (Å²) in [6, 6.07) is 7.59. The quantitative estimate of drug-likeness (QED) is 0.517. The van der Waals surface area contributed by atoms with Crippen molar-refractivity contribution in [2.24, 2.45) is 0 Å². The molecule has 4 heteroatoms. The fourth-order valence-electron chi connectivity index (χ4n) is 1.16. The van der Waals surface area contributed by atoms with Crippen LogP contribution in [-0.2, 0) is 16.1 Å². The van der Waals surface area contributed by atoms with Crippen molar-refractivity contribution >= 4 is 5.69 Å². The van der Waals surface area contributed by atoms with Gasteiger partial charge in [0.1, 0.15) is 0 Å². The van der Waals surface area contributed by atoms with Gasteiger partial charge in [0.05, 0.1) is 33.0 Å². The van der Waals surface area contributed by atoms with E-state index in [1.54, 1.807) is 0 Å². The highest BCUT2D eigenvalue weighted by Gasteiger charge is 1.94. The zero-order valence-corrected chi connectivity index (χ0v) is 8.69. The lowest BCUT2D eigenvalue weighted by atomic mass is 10.2. The molecular formula is C11H17NO3. The first-order valence-electron chi connectivity index (χ1n) is 4.93. The number of aliphatic hydroxyl groups is 1. The Hall–Kier alpha value is -1.10. The average Bonchev–Trinajstić information content (AvgIpc) is 2.23. The van der Waals surface area contributed by atoms with Crippen LogP contribution < -0.4 is 5.73 Å². The summed E-state index contributed by atoms with van der Waals surface area (Å²) in [5, 5.41) is 8.45. The van der Waals surface area contributed by atoms with Crippen LogP contribution in [0, 0.1) is 0 Å². The van der Waals surface area contributed by atoms with Crippen molar-refractivity contribution in [1.82, 2.24) is 0 Å². The van der Waals surface area contributed by atoms with Crippen molar-refractivity contribution in [2.45, 2.75) is 6.61 Å². The summed E-state index contributed by atoms with van der Waals surface area (Å²) in [7, 11) is 0. The van der Waals surface area contributed by atoms with Gasteiger partial charge in [0.15, 0.2) is 0 Å². The topological polar surface area (TPSA) is 64.7 Å². The number of rotatable bonds is 7. The van der Waals surface area contributed by atoms with Gasteiger partial charge < -0.3 is 20.3 Å². The zero-order valence-electron chi connectivity index (χ0n) is 8.69. The maximum atomic E-state index is 8.45. The molecule has 1 rings (SSSR count). The van der Waals surface area contributed by atoms with Crippen LogP contribution in [0.4, 0.5) is 5.69 Å². The summed E-state index contributed by atoms with van der Waals surface area (Å²) >= 11 is 0. The lowest BCUT2D eigenvalue weighted by Gasteiger charge is -2.05. The van der Waals surface area contributed by atoms with Crippen molar-refractivity contribution in [2.75, 3.05) is 32.2 Å². The lowest BCUT2D eigenvalue weighted by Crippen LogP contribution is -2.07. The van der Waals surface area contributed by atoms with Gasteiger partial charge in [0, 0.05) is 5.69 Å². The van der Waals surface area contributed by atoms with Crippen molar-refractivity contribution in [3.63, 3.8) is 0 Å². The van der Waals surface area contributed by atoms with Crippen LogP contribution in [0.3, 0.4) is 0 Å². The molecule has 15 heavy (non-hydrogen) atoms. The van der Waals surface area contributed by atoms with Crippen molar-refractivity contribution < 1.29 is 14.6 Å². The summed E-state index contributed by atoms with van der Waals surface area (Å²) in [4.78, 5) is 0. The number of nitrogens with two attached hydrogens (primary N) is 1. The van der Waals surface area contributed by atoms with Crippen LogP contribution in [0.1, 0.15) is 5.56 Å². The molecule has 84 valence electrons. The van der Waals surface area contributed by atoms with Crippen LogP contribution >= 0.6 is 0 Å². The molecule has 1 aromatic rings. The first kappa shape index (κ1) is 12.0. The second-order valence-corrected chi connectivity index (χ2v) is 3.13. The summed E-state index contributed by atoms with van der Waals surface area (Å²) in [5.74, 6) is 0. The predicted molar refractivity (Wildman–Crippen MR) is 58.4 cm³/mol. The Balaban J connectivity index is 2.10. The van der Waals surface area contributed by atoms with Gasteiger partial charge in [-0.25, -0.2) is 0 Å². The van der Waals surface area contributed by atoms with Crippen LogP contribution in [0.2, 0.25) is 0 Å². The number of aliphatic hydroxyl groups excluding tert-OH is 1. The molecule has 0 spiro atoms. The predicted octanol–water partition coefficient (Wildman–Crippen LogP) is 0.794. The number of hydrogen-bond acceptors (Lipinski definition) is 4. The van der Waals surface area contributed by atoms with Crippen LogP contribution in [0.5, 0.6) is 0 Å². The van der Waals surface area contributed by atoms with Gasteiger partial charge in [-0.2, -0.15) is 0 Å². The minimum Gasteiger partial charge on any atom is -0.399 e. The number of nitrogen functional groups attached to an aromatic ring is 1.